The molecule has 0 spiro atoms. The Bertz CT molecular complexity index is 245. The van der Waals surface area contributed by atoms with Gasteiger partial charge in [-0.3, -0.25) is 10.2 Å². The van der Waals surface area contributed by atoms with Crippen molar-refractivity contribution in [2.24, 2.45) is 0 Å². The number of amides is 1. The molecule has 0 saturated carbocycles. The van der Waals surface area contributed by atoms with Crippen LogP contribution in [0.25, 0.3) is 0 Å². The highest BCUT2D eigenvalue weighted by atomic mass is 16.2. The molecule has 0 atom stereocenters. The summed E-state index contributed by atoms with van der Waals surface area (Å²) in [5.74, 6) is 0.127. The number of carbonyl (C=O) groups is 1. The topological polar surface area (TPSA) is 32.3 Å². The molecule has 1 aliphatic rings. The Morgan fingerprint density at radius 1 is 1.11 bits per heavy atom. The molecular formula is C15H28N2O. The molecule has 1 fully saturated rings. The summed E-state index contributed by atoms with van der Waals surface area (Å²) in [6.07, 6.45) is 14.6. The maximum absolute atomic E-state index is 11.6. The van der Waals surface area contributed by atoms with Gasteiger partial charge in [0.05, 0.1) is 0 Å². The maximum Gasteiger partial charge on any atom is 0.238 e. The SMILES string of the molecule is CCCCCC/C=C/CC(=O)NN1CCCCC1. The lowest BCUT2D eigenvalue weighted by Gasteiger charge is -2.26. The number of hydrogen-bond donors (Lipinski definition) is 1. The van der Waals surface area contributed by atoms with Crippen molar-refractivity contribution in [2.45, 2.75) is 64.7 Å². The van der Waals surface area contributed by atoms with Gasteiger partial charge in [0.2, 0.25) is 5.91 Å². The van der Waals surface area contributed by atoms with E-state index < -0.39 is 0 Å². The zero-order chi connectivity index (χ0) is 13.1. The van der Waals surface area contributed by atoms with E-state index in [0.29, 0.717) is 6.42 Å². The van der Waals surface area contributed by atoms with E-state index in [1.807, 2.05) is 6.08 Å². The Kier molecular flexibility index (Phi) is 8.57. The lowest BCUT2D eigenvalue weighted by molar-refractivity contribution is -0.125. The zero-order valence-electron chi connectivity index (χ0n) is 11.8. The van der Waals surface area contributed by atoms with Gasteiger partial charge in [-0.15, -0.1) is 0 Å². The van der Waals surface area contributed by atoms with Crippen molar-refractivity contribution in [2.75, 3.05) is 13.1 Å². The van der Waals surface area contributed by atoms with E-state index in [1.54, 1.807) is 0 Å². The summed E-state index contributed by atoms with van der Waals surface area (Å²) in [6, 6.07) is 0. The van der Waals surface area contributed by atoms with Crippen LogP contribution in [0.15, 0.2) is 12.2 Å². The summed E-state index contributed by atoms with van der Waals surface area (Å²) in [5.41, 5.74) is 2.97. The predicted octanol–water partition coefficient (Wildman–Crippen LogP) is 3.42. The Labute approximate surface area is 112 Å². The molecule has 1 heterocycles. The molecule has 0 aromatic rings. The van der Waals surface area contributed by atoms with Crippen LogP contribution in [-0.4, -0.2) is 24.0 Å². The summed E-state index contributed by atoms with van der Waals surface area (Å²) in [4.78, 5) is 11.6. The first-order chi connectivity index (χ1) is 8.83. The van der Waals surface area contributed by atoms with Crippen LogP contribution >= 0.6 is 0 Å². The van der Waals surface area contributed by atoms with E-state index in [2.05, 4.69) is 23.4 Å². The average Bonchev–Trinajstić information content (AvgIpc) is 2.39. The van der Waals surface area contributed by atoms with Crippen molar-refractivity contribution in [3.8, 4) is 0 Å². The molecule has 1 amide bonds. The summed E-state index contributed by atoms with van der Waals surface area (Å²) in [7, 11) is 0. The number of unbranched alkanes of at least 4 members (excludes halogenated alkanes) is 4. The van der Waals surface area contributed by atoms with Gasteiger partial charge in [-0.2, -0.15) is 0 Å². The van der Waals surface area contributed by atoms with Crippen LogP contribution in [0, 0.1) is 0 Å². The Balaban J connectivity index is 2.00. The second-order valence-corrected chi connectivity index (χ2v) is 5.11. The third-order valence-corrected chi connectivity index (χ3v) is 3.33. The minimum absolute atomic E-state index is 0.127. The molecule has 1 rings (SSSR count). The van der Waals surface area contributed by atoms with E-state index in [9.17, 15) is 4.79 Å². The third-order valence-electron chi connectivity index (χ3n) is 3.33. The quantitative estimate of drug-likeness (QED) is 0.530. The number of rotatable bonds is 8. The first kappa shape index (κ1) is 15.2. The largest absolute Gasteiger partial charge is 0.289 e. The second-order valence-electron chi connectivity index (χ2n) is 5.11. The predicted molar refractivity (Wildman–Crippen MR) is 76.1 cm³/mol. The van der Waals surface area contributed by atoms with E-state index in [0.717, 1.165) is 19.5 Å². The Morgan fingerprint density at radius 3 is 2.61 bits per heavy atom. The summed E-state index contributed by atoms with van der Waals surface area (Å²) in [5, 5.41) is 2.06. The van der Waals surface area contributed by atoms with Crippen LogP contribution < -0.4 is 5.43 Å². The fourth-order valence-corrected chi connectivity index (χ4v) is 2.22. The van der Waals surface area contributed by atoms with E-state index >= 15 is 0 Å². The first-order valence-corrected chi connectivity index (χ1v) is 7.52. The molecule has 3 nitrogen and oxygen atoms in total. The van der Waals surface area contributed by atoms with Gasteiger partial charge in [-0.25, -0.2) is 5.01 Å². The molecular weight excluding hydrogens is 224 g/mol. The zero-order valence-corrected chi connectivity index (χ0v) is 11.8. The van der Waals surface area contributed by atoms with Crippen LogP contribution in [0.5, 0.6) is 0 Å². The minimum atomic E-state index is 0.127. The maximum atomic E-state index is 11.6. The Hall–Kier alpha value is -0.830. The molecule has 18 heavy (non-hydrogen) atoms. The van der Waals surface area contributed by atoms with E-state index in [1.165, 1.54) is 44.9 Å². The van der Waals surface area contributed by atoms with Crippen molar-refractivity contribution in [3.63, 3.8) is 0 Å². The van der Waals surface area contributed by atoms with Gasteiger partial charge in [0.25, 0.3) is 0 Å². The summed E-state index contributed by atoms with van der Waals surface area (Å²) < 4.78 is 0. The van der Waals surface area contributed by atoms with Crippen LogP contribution in [0.3, 0.4) is 0 Å². The van der Waals surface area contributed by atoms with Gasteiger partial charge in [-0.1, -0.05) is 44.8 Å². The number of hydrazine groups is 1. The fourth-order valence-electron chi connectivity index (χ4n) is 2.22. The number of carbonyl (C=O) groups excluding carboxylic acids is 1. The van der Waals surface area contributed by atoms with Gasteiger partial charge in [0, 0.05) is 19.5 Å². The smallest absolute Gasteiger partial charge is 0.238 e. The first-order valence-electron chi connectivity index (χ1n) is 7.52. The minimum Gasteiger partial charge on any atom is -0.289 e. The third kappa shape index (κ3) is 7.49. The monoisotopic (exact) mass is 252 g/mol. The van der Waals surface area contributed by atoms with Gasteiger partial charge in [0.15, 0.2) is 0 Å². The molecule has 0 bridgehead atoms. The summed E-state index contributed by atoms with van der Waals surface area (Å²) in [6.45, 7) is 4.24. The van der Waals surface area contributed by atoms with Crippen molar-refractivity contribution in [1.29, 1.82) is 0 Å². The number of allylic oxidation sites excluding steroid dienone is 1. The second kappa shape index (κ2) is 10.1. The van der Waals surface area contributed by atoms with Gasteiger partial charge < -0.3 is 0 Å². The summed E-state index contributed by atoms with van der Waals surface area (Å²) >= 11 is 0. The highest BCUT2D eigenvalue weighted by molar-refractivity contribution is 5.76. The standard InChI is InChI=1S/C15H28N2O/c1-2-3-4-5-6-7-9-12-15(18)16-17-13-10-8-11-14-17/h7,9H,2-6,8,10-14H2,1H3,(H,16,18)/b9-7+. The number of nitrogens with one attached hydrogen (secondary N) is 1. The highest BCUT2D eigenvalue weighted by Gasteiger charge is 2.11. The Morgan fingerprint density at radius 2 is 1.89 bits per heavy atom. The lowest BCUT2D eigenvalue weighted by Crippen LogP contribution is -2.44. The van der Waals surface area contributed by atoms with Crippen molar-refractivity contribution in [3.05, 3.63) is 12.2 Å². The van der Waals surface area contributed by atoms with Crippen molar-refractivity contribution >= 4 is 5.91 Å². The van der Waals surface area contributed by atoms with Gasteiger partial charge in [-0.05, 0) is 25.7 Å². The molecule has 0 aliphatic carbocycles. The van der Waals surface area contributed by atoms with Gasteiger partial charge >= 0.3 is 0 Å². The molecule has 1 aliphatic heterocycles. The number of nitrogens with zero attached hydrogens (tertiary/aromatic N) is 1. The molecule has 0 unspecified atom stereocenters. The van der Waals surface area contributed by atoms with Crippen LogP contribution in [0.1, 0.15) is 64.7 Å². The van der Waals surface area contributed by atoms with E-state index in [4.69, 9.17) is 0 Å². The molecule has 0 radical (unpaired) electrons. The number of piperidine rings is 1. The molecule has 1 saturated heterocycles. The molecule has 3 heteroatoms. The van der Waals surface area contributed by atoms with Crippen LogP contribution in [0.2, 0.25) is 0 Å². The van der Waals surface area contributed by atoms with Crippen LogP contribution in [0.4, 0.5) is 0 Å². The van der Waals surface area contributed by atoms with E-state index in [-0.39, 0.29) is 5.91 Å². The molecule has 104 valence electrons. The molecule has 0 aromatic carbocycles. The highest BCUT2D eigenvalue weighted by Crippen LogP contribution is 2.06. The molecule has 0 aromatic heterocycles. The van der Waals surface area contributed by atoms with Crippen molar-refractivity contribution in [1.82, 2.24) is 10.4 Å². The fraction of sp³-hybridized carbons (Fsp3) is 0.800. The number of hydrogen-bond acceptors (Lipinski definition) is 2. The lowest BCUT2D eigenvalue weighted by atomic mass is 10.1. The average molecular weight is 252 g/mol. The normalized spacial score (nSPS) is 17.2. The van der Waals surface area contributed by atoms with Crippen molar-refractivity contribution < 1.29 is 4.79 Å². The molecule has 1 N–H and O–H groups in total. The van der Waals surface area contributed by atoms with Gasteiger partial charge in [0.1, 0.15) is 0 Å². The van der Waals surface area contributed by atoms with Crippen LogP contribution in [-0.2, 0) is 4.79 Å².